The highest BCUT2D eigenvalue weighted by atomic mass is 28.2. The molecular formula is C46H52Si. The minimum atomic E-state index is -0.558. The molecule has 4 aromatic rings. The molecule has 0 spiro atoms. The Labute approximate surface area is 286 Å². The average Bonchev–Trinajstić information content (AvgIpc) is 3.81. The molecule has 0 bridgehead atoms. The zero-order valence-corrected chi connectivity index (χ0v) is 31.4. The Hall–Kier alpha value is -3.42. The van der Waals surface area contributed by atoms with Gasteiger partial charge < -0.3 is 0 Å². The second-order valence-electron chi connectivity index (χ2n) is 17.3. The lowest BCUT2D eigenvalue weighted by molar-refractivity contribution is 0.590. The van der Waals surface area contributed by atoms with Crippen molar-refractivity contribution in [1.82, 2.24) is 0 Å². The van der Waals surface area contributed by atoms with Gasteiger partial charge in [0.25, 0.3) is 0 Å². The summed E-state index contributed by atoms with van der Waals surface area (Å²) in [7, 11) is -0.558. The molecule has 4 aliphatic carbocycles. The predicted molar refractivity (Wildman–Crippen MR) is 207 cm³/mol. The summed E-state index contributed by atoms with van der Waals surface area (Å²) in [6.07, 6.45) is 12.7. The standard InChI is InChI=1S/C46H52Si/c1-27-23-37-39(25-31-11-9-13-35(31)41(37)29-15-19-33(20-16-29)45(3,4)5)43(27)47-44-28(2)24-38-40(44)26-32-12-10-14-36(32)42(38)30-17-21-34(22-18-30)46(6,7)8/h15-26,43-44H,9-14,47H2,1-8H3. The second-order valence-corrected chi connectivity index (χ2v) is 19.4. The Morgan fingerprint density at radius 3 is 1.28 bits per heavy atom. The largest absolute Gasteiger partial charge is 0.0685 e. The quantitative estimate of drug-likeness (QED) is 0.196. The van der Waals surface area contributed by atoms with Gasteiger partial charge in [-0.25, -0.2) is 0 Å². The normalized spacial score (nSPS) is 20.0. The van der Waals surface area contributed by atoms with E-state index in [0.717, 1.165) is 0 Å². The molecule has 0 aromatic heterocycles. The van der Waals surface area contributed by atoms with E-state index in [2.05, 4.69) is 128 Å². The molecule has 240 valence electrons. The number of hydrogen-bond acceptors (Lipinski definition) is 0. The molecular weight excluding hydrogens is 581 g/mol. The summed E-state index contributed by atoms with van der Waals surface area (Å²) < 4.78 is 0. The van der Waals surface area contributed by atoms with E-state index in [0.29, 0.717) is 11.1 Å². The smallest absolute Gasteiger partial charge is 0.0474 e. The summed E-state index contributed by atoms with van der Waals surface area (Å²) in [5, 5.41) is 0. The molecule has 0 nitrogen and oxygen atoms in total. The van der Waals surface area contributed by atoms with Gasteiger partial charge >= 0.3 is 0 Å². The van der Waals surface area contributed by atoms with Crippen LogP contribution in [0.1, 0.15) is 135 Å². The molecule has 2 unspecified atom stereocenters. The van der Waals surface area contributed by atoms with Gasteiger partial charge in [-0.05, 0) is 152 Å². The lowest BCUT2D eigenvalue weighted by atomic mass is 9.84. The summed E-state index contributed by atoms with van der Waals surface area (Å²) in [5.41, 5.74) is 26.4. The van der Waals surface area contributed by atoms with E-state index in [9.17, 15) is 0 Å². The highest BCUT2D eigenvalue weighted by Crippen LogP contribution is 2.51. The molecule has 0 saturated heterocycles. The van der Waals surface area contributed by atoms with E-state index in [4.69, 9.17) is 0 Å². The monoisotopic (exact) mass is 632 g/mol. The number of fused-ring (bicyclic) bond motifs is 4. The van der Waals surface area contributed by atoms with Crippen LogP contribution in [-0.4, -0.2) is 9.52 Å². The molecule has 4 aliphatic rings. The number of aryl methyl sites for hydroxylation is 2. The van der Waals surface area contributed by atoms with Crippen molar-refractivity contribution >= 4 is 21.7 Å². The fourth-order valence-corrected chi connectivity index (χ4v) is 12.0. The molecule has 2 atom stereocenters. The third-order valence-electron chi connectivity index (χ3n) is 12.1. The number of allylic oxidation sites excluding steroid dienone is 2. The summed E-state index contributed by atoms with van der Waals surface area (Å²) >= 11 is 0. The fraction of sp³-hybridized carbons (Fsp3) is 0.391. The van der Waals surface area contributed by atoms with Crippen LogP contribution in [0.2, 0.25) is 0 Å². The molecule has 1 heteroatoms. The number of rotatable bonds is 4. The van der Waals surface area contributed by atoms with Crippen molar-refractivity contribution in [2.24, 2.45) is 0 Å². The molecule has 0 N–H and O–H groups in total. The van der Waals surface area contributed by atoms with Crippen LogP contribution in [-0.2, 0) is 36.5 Å². The van der Waals surface area contributed by atoms with Crippen molar-refractivity contribution < 1.29 is 0 Å². The minimum absolute atomic E-state index is 0.172. The van der Waals surface area contributed by atoms with Crippen LogP contribution in [0.25, 0.3) is 34.4 Å². The van der Waals surface area contributed by atoms with E-state index >= 15 is 0 Å². The maximum Gasteiger partial charge on any atom is 0.0474 e. The summed E-state index contributed by atoms with van der Waals surface area (Å²) in [5.74, 6) is 0. The third-order valence-corrected chi connectivity index (χ3v) is 15.2. The molecule has 8 rings (SSSR count). The Kier molecular flexibility index (Phi) is 7.27. The SMILES string of the molecule is CC1=Cc2c(cc3c(c2-c2ccc(C(C)(C)C)cc2)CCC3)C1[SiH2]C1C(C)=Cc2c1cc1c(c2-c2ccc(C(C)(C)C)cc2)CCC1. The van der Waals surface area contributed by atoms with Gasteiger partial charge in [0.05, 0.1) is 0 Å². The predicted octanol–water partition coefficient (Wildman–Crippen LogP) is 11.4. The molecule has 0 amide bonds. The van der Waals surface area contributed by atoms with Crippen LogP contribution in [0.15, 0.2) is 71.8 Å². The lowest BCUT2D eigenvalue weighted by Gasteiger charge is -2.24. The Morgan fingerprint density at radius 1 is 0.532 bits per heavy atom. The Bertz CT molecular complexity index is 1820. The van der Waals surface area contributed by atoms with Crippen molar-refractivity contribution in [2.45, 2.75) is 116 Å². The first-order valence-electron chi connectivity index (χ1n) is 18.3. The van der Waals surface area contributed by atoms with Gasteiger partial charge in [-0.1, -0.05) is 126 Å². The first-order valence-corrected chi connectivity index (χ1v) is 20.0. The Balaban J connectivity index is 1.19. The first kappa shape index (κ1) is 30.9. The number of hydrogen-bond donors (Lipinski definition) is 0. The molecule has 0 fully saturated rings. The van der Waals surface area contributed by atoms with Gasteiger partial charge in [0.2, 0.25) is 0 Å². The van der Waals surface area contributed by atoms with Gasteiger partial charge in [0, 0.05) is 9.52 Å². The summed E-state index contributed by atoms with van der Waals surface area (Å²) in [6, 6.07) is 24.5. The van der Waals surface area contributed by atoms with E-state index in [1.54, 1.807) is 55.7 Å². The van der Waals surface area contributed by atoms with Gasteiger partial charge in [0.15, 0.2) is 0 Å². The molecule has 47 heavy (non-hydrogen) atoms. The number of benzene rings is 4. The minimum Gasteiger partial charge on any atom is -0.0685 e. The van der Waals surface area contributed by atoms with E-state index in [-0.39, 0.29) is 10.8 Å². The molecule has 0 radical (unpaired) electrons. The Morgan fingerprint density at radius 2 is 0.915 bits per heavy atom. The van der Waals surface area contributed by atoms with Crippen LogP contribution in [0.4, 0.5) is 0 Å². The van der Waals surface area contributed by atoms with Crippen LogP contribution in [0.5, 0.6) is 0 Å². The van der Waals surface area contributed by atoms with Crippen LogP contribution >= 0.6 is 0 Å². The fourth-order valence-electron chi connectivity index (χ4n) is 9.40. The van der Waals surface area contributed by atoms with Crippen molar-refractivity contribution in [3.05, 3.63) is 127 Å². The summed E-state index contributed by atoms with van der Waals surface area (Å²) in [4.78, 5) is 0. The van der Waals surface area contributed by atoms with Gasteiger partial charge in [-0.3, -0.25) is 0 Å². The lowest BCUT2D eigenvalue weighted by Crippen LogP contribution is -2.17. The first-order chi connectivity index (χ1) is 22.4. The van der Waals surface area contributed by atoms with Crippen LogP contribution in [0, 0.1) is 0 Å². The average molecular weight is 633 g/mol. The van der Waals surface area contributed by atoms with Crippen molar-refractivity contribution in [2.75, 3.05) is 0 Å². The highest BCUT2D eigenvalue weighted by Gasteiger charge is 2.36. The zero-order chi connectivity index (χ0) is 32.8. The maximum atomic E-state index is 2.66. The second kappa shape index (κ2) is 11.1. The van der Waals surface area contributed by atoms with Crippen molar-refractivity contribution in [1.29, 1.82) is 0 Å². The van der Waals surface area contributed by atoms with E-state index < -0.39 is 9.52 Å². The van der Waals surface area contributed by atoms with Gasteiger partial charge in [-0.15, -0.1) is 0 Å². The molecule has 0 aliphatic heterocycles. The highest BCUT2D eigenvalue weighted by molar-refractivity contribution is 6.44. The van der Waals surface area contributed by atoms with Crippen LogP contribution < -0.4 is 0 Å². The van der Waals surface area contributed by atoms with E-state index in [1.165, 1.54) is 71.9 Å². The molecule has 0 saturated carbocycles. The third kappa shape index (κ3) is 5.16. The maximum absolute atomic E-state index is 2.66. The van der Waals surface area contributed by atoms with Crippen molar-refractivity contribution in [3.63, 3.8) is 0 Å². The topological polar surface area (TPSA) is 0 Å². The van der Waals surface area contributed by atoms with Gasteiger partial charge in [0.1, 0.15) is 0 Å². The van der Waals surface area contributed by atoms with Crippen molar-refractivity contribution in [3.8, 4) is 22.3 Å². The summed E-state index contributed by atoms with van der Waals surface area (Å²) in [6.45, 7) is 18.8. The zero-order valence-electron chi connectivity index (χ0n) is 30.0. The van der Waals surface area contributed by atoms with Gasteiger partial charge in [-0.2, -0.15) is 0 Å². The molecule has 0 heterocycles. The molecule has 4 aromatic carbocycles. The van der Waals surface area contributed by atoms with Crippen LogP contribution in [0.3, 0.4) is 0 Å². The van der Waals surface area contributed by atoms with E-state index in [1.807, 2.05) is 0 Å².